The predicted octanol–water partition coefficient (Wildman–Crippen LogP) is 1.56. The lowest BCUT2D eigenvalue weighted by Crippen LogP contribution is -2.23. The first-order valence-corrected chi connectivity index (χ1v) is 5.27. The Morgan fingerprint density at radius 1 is 1.28 bits per heavy atom. The summed E-state index contributed by atoms with van der Waals surface area (Å²) < 4.78 is 5.31. The van der Waals surface area contributed by atoms with E-state index in [0.29, 0.717) is 11.3 Å². The highest BCUT2D eigenvalue weighted by Crippen LogP contribution is 2.23. The molecule has 2 aromatic rings. The maximum Gasteiger partial charge on any atom is 0.151 e. The van der Waals surface area contributed by atoms with Crippen LogP contribution in [0.25, 0.3) is 17.0 Å². The van der Waals surface area contributed by atoms with Gasteiger partial charge in [-0.2, -0.15) is 5.26 Å². The molecule has 0 saturated carbocycles. The first-order chi connectivity index (χ1) is 8.76. The van der Waals surface area contributed by atoms with Gasteiger partial charge in [-0.3, -0.25) is 0 Å². The van der Waals surface area contributed by atoms with E-state index in [1.165, 1.54) is 0 Å². The van der Waals surface area contributed by atoms with Crippen molar-refractivity contribution in [2.75, 3.05) is 0 Å². The van der Waals surface area contributed by atoms with Gasteiger partial charge in [0.1, 0.15) is 11.8 Å². The third kappa shape index (κ3) is 2.19. The Kier molecular flexibility index (Phi) is 3.32. The minimum absolute atomic E-state index is 0.131. The van der Waals surface area contributed by atoms with Crippen LogP contribution in [0.2, 0.25) is 0 Å². The molecule has 5 N–H and O–H groups in total. The normalized spacial score (nSPS) is 11.6. The van der Waals surface area contributed by atoms with Crippen LogP contribution in [0.5, 0.6) is 0 Å². The average Bonchev–Trinajstić information content (AvgIpc) is 2.94. The summed E-state index contributed by atoms with van der Waals surface area (Å²) in [5, 5.41) is 8.86. The lowest BCUT2D eigenvalue weighted by molar-refractivity contribution is 0.582. The molecular formula is C13H12N4O. The Hall–Kier alpha value is -2.71. The molecular weight excluding hydrogens is 228 g/mol. The molecule has 0 amide bonds. The van der Waals surface area contributed by atoms with Crippen molar-refractivity contribution in [1.29, 1.82) is 5.26 Å². The van der Waals surface area contributed by atoms with Crippen LogP contribution in [0.3, 0.4) is 0 Å². The van der Waals surface area contributed by atoms with E-state index in [4.69, 9.17) is 21.3 Å². The Labute approximate surface area is 104 Å². The number of nitrogens with two attached hydrogens (primary N) is 2. The van der Waals surface area contributed by atoms with Crippen molar-refractivity contribution in [1.82, 2.24) is 5.43 Å². The van der Waals surface area contributed by atoms with Gasteiger partial charge in [0.25, 0.3) is 0 Å². The molecule has 0 radical (unpaired) electrons. The molecule has 0 fully saturated rings. The maximum absolute atomic E-state index is 8.86. The van der Waals surface area contributed by atoms with Crippen molar-refractivity contribution in [3.05, 3.63) is 53.9 Å². The van der Waals surface area contributed by atoms with Crippen LogP contribution in [-0.4, -0.2) is 0 Å². The molecule has 0 unspecified atom stereocenters. The van der Waals surface area contributed by atoms with Crippen LogP contribution in [0.1, 0.15) is 5.56 Å². The van der Waals surface area contributed by atoms with E-state index in [-0.39, 0.29) is 5.70 Å². The topological polar surface area (TPSA) is 101 Å². The van der Waals surface area contributed by atoms with Gasteiger partial charge in [-0.25, -0.2) is 5.84 Å². The number of nitrogens with zero attached hydrogens (tertiary/aromatic N) is 1. The number of rotatable bonds is 3. The number of nitriles is 1. The fraction of sp³-hybridized carbons (Fsp3) is 0. The van der Waals surface area contributed by atoms with Crippen LogP contribution in [0.15, 0.2) is 52.8 Å². The third-order valence-corrected chi connectivity index (χ3v) is 2.50. The van der Waals surface area contributed by atoms with Gasteiger partial charge in [-0.15, -0.1) is 0 Å². The summed E-state index contributed by atoms with van der Waals surface area (Å²) in [6.45, 7) is 0. The van der Waals surface area contributed by atoms with Crippen LogP contribution >= 0.6 is 0 Å². The Bertz CT molecular complexity index is 608. The molecule has 1 heterocycles. The van der Waals surface area contributed by atoms with Gasteiger partial charge in [0.2, 0.25) is 0 Å². The van der Waals surface area contributed by atoms with Gasteiger partial charge >= 0.3 is 0 Å². The molecule has 0 bridgehead atoms. The zero-order chi connectivity index (χ0) is 13.0. The number of hydrazine groups is 1. The Morgan fingerprint density at radius 3 is 2.72 bits per heavy atom. The van der Waals surface area contributed by atoms with Crippen LogP contribution < -0.4 is 17.0 Å². The fourth-order valence-electron chi connectivity index (χ4n) is 1.60. The Balaban J connectivity index is 2.46. The molecule has 0 aliphatic heterocycles. The molecule has 0 aliphatic carbocycles. The lowest BCUT2D eigenvalue weighted by atomic mass is 10.1. The summed E-state index contributed by atoms with van der Waals surface area (Å²) >= 11 is 0. The molecule has 1 aromatic heterocycles. The Morgan fingerprint density at radius 2 is 2.11 bits per heavy atom. The molecule has 0 aliphatic rings. The smallest absolute Gasteiger partial charge is 0.151 e. The van der Waals surface area contributed by atoms with Crippen LogP contribution in [0.4, 0.5) is 0 Å². The van der Waals surface area contributed by atoms with E-state index in [1.54, 1.807) is 12.3 Å². The molecule has 2 rings (SSSR count). The van der Waals surface area contributed by atoms with E-state index < -0.39 is 0 Å². The zero-order valence-corrected chi connectivity index (χ0v) is 9.55. The molecule has 18 heavy (non-hydrogen) atoms. The minimum Gasteiger partial charge on any atom is -0.464 e. The molecule has 1 aromatic carbocycles. The van der Waals surface area contributed by atoms with E-state index in [9.17, 15) is 0 Å². The lowest BCUT2D eigenvalue weighted by Gasteiger charge is -2.06. The fourth-order valence-corrected chi connectivity index (χ4v) is 1.60. The largest absolute Gasteiger partial charge is 0.464 e. The molecule has 90 valence electrons. The van der Waals surface area contributed by atoms with Gasteiger partial charge in [0.05, 0.1) is 12.0 Å². The van der Waals surface area contributed by atoms with Crippen LogP contribution in [-0.2, 0) is 0 Å². The summed E-state index contributed by atoms with van der Waals surface area (Å²) in [5.74, 6) is 5.96. The average molecular weight is 240 g/mol. The second kappa shape index (κ2) is 5.08. The van der Waals surface area contributed by atoms with E-state index in [2.05, 4.69) is 5.43 Å². The number of nitrogens with one attached hydrogen (secondary N) is 1. The monoisotopic (exact) mass is 240 g/mol. The number of furan rings is 1. The summed E-state index contributed by atoms with van der Waals surface area (Å²) in [6.07, 6.45) is 1.60. The highest BCUT2D eigenvalue weighted by molar-refractivity contribution is 5.72. The van der Waals surface area contributed by atoms with Gasteiger partial charge < -0.3 is 15.6 Å². The van der Waals surface area contributed by atoms with Gasteiger partial charge in [-0.05, 0) is 18.2 Å². The molecule has 0 spiro atoms. The van der Waals surface area contributed by atoms with Crippen molar-refractivity contribution in [2.24, 2.45) is 11.6 Å². The molecule has 5 nitrogen and oxygen atoms in total. The zero-order valence-electron chi connectivity index (χ0n) is 9.55. The summed E-state index contributed by atoms with van der Waals surface area (Å²) in [7, 11) is 0. The summed E-state index contributed by atoms with van der Waals surface area (Å²) in [4.78, 5) is 0. The molecule has 0 saturated heterocycles. The highest BCUT2D eigenvalue weighted by Gasteiger charge is 2.07. The van der Waals surface area contributed by atoms with Crippen molar-refractivity contribution in [2.45, 2.75) is 0 Å². The van der Waals surface area contributed by atoms with Gasteiger partial charge in [0, 0.05) is 11.1 Å². The standard InChI is InChI=1S/C13H12N4O/c14-8-11(17-16)13(15)10-4-1-3-9(7-10)12-5-2-6-18-12/h1-7,17H,15-16H2/b13-11-. The third-order valence-electron chi connectivity index (χ3n) is 2.50. The highest BCUT2D eigenvalue weighted by atomic mass is 16.3. The van der Waals surface area contributed by atoms with Crippen molar-refractivity contribution >= 4 is 5.70 Å². The SMILES string of the molecule is N#C/C(NN)=C(/N)c1cccc(-c2ccco2)c1. The summed E-state index contributed by atoms with van der Waals surface area (Å²) in [5.41, 5.74) is 10.2. The minimum atomic E-state index is 0.131. The van der Waals surface area contributed by atoms with Gasteiger partial charge in [-0.1, -0.05) is 18.2 Å². The van der Waals surface area contributed by atoms with E-state index in [1.807, 2.05) is 36.4 Å². The van der Waals surface area contributed by atoms with Crippen molar-refractivity contribution in [3.8, 4) is 17.4 Å². The number of hydrogen-bond acceptors (Lipinski definition) is 5. The van der Waals surface area contributed by atoms with Crippen molar-refractivity contribution in [3.63, 3.8) is 0 Å². The summed E-state index contributed by atoms with van der Waals surface area (Å²) in [6, 6.07) is 12.9. The van der Waals surface area contributed by atoms with E-state index in [0.717, 1.165) is 11.3 Å². The predicted molar refractivity (Wildman–Crippen MR) is 68.2 cm³/mol. The first kappa shape index (κ1) is 11.8. The molecule has 5 heteroatoms. The number of benzene rings is 1. The van der Waals surface area contributed by atoms with Gasteiger partial charge in [0.15, 0.2) is 5.70 Å². The van der Waals surface area contributed by atoms with Crippen LogP contribution in [0, 0.1) is 11.3 Å². The first-order valence-electron chi connectivity index (χ1n) is 5.27. The van der Waals surface area contributed by atoms with Crippen molar-refractivity contribution < 1.29 is 4.42 Å². The number of allylic oxidation sites excluding steroid dienone is 1. The second-order valence-corrected chi connectivity index (χ2v) is 3.60. The quantitative estimate of drug-likeness (QED) is 0.429. The number of hydrogen-bond donors (Lipinski definition) is 3. The molecule has 0 atom stereocenters. The van der Waals surface area contributed by atoms with E-state index >= 15 is 0 Å². The second-order valence-electron chi connectivity index (χ2n) is 3.60. The maximum atomic E-state index is 8.86.